The zero-order valence-corrected chi connectivity index (χ0v) is 18.6. The van der Waals surface area contributed by atoms with E-state index in [4.69, 9.17) is 17.3 Å². The number of nitrogens with zero attached hydrogens (tertiary/aromatic N) is 2. The number of urea groups is 1. The summed E-state index contributed by atoms with van der Waals surface area (Å²) in [5.41, 5.74) is 8.77. The van der Waals surface area contributed by atoms with Crippen LogP contribution < -0.4 is 16.0 Å². The molecule has 1 saturated heterocycles. The standard InChI is InChI=1S/C24H29ClN4O2/c1-27-22(30)17-5-7-20(8-6-17)28-13-14-29(23(28)31)21-9-11-24(16-26,12-10-21)18-3-2-4-19(25)15-18/h2-8,15,21H,9-14,16,26H2,1H3,(H,27,30). The summed E-state index contributed by atoms with van der Waals surface area (Å²) < 4.78 is 0. The molecule has 1 aliphatic carbocycles. The number of halogens is 1. The largest absolute Gasteiger partial charge is 0.355 e. The Balaban J connectivity index is 1.43. The second kappa shape index (κ2) is 8.89. The van der Waals surface area contributed by atoms with E-state index in [0.29, 0.717) is 25.2 Å². The Kier molecular flexibility index (Phi) is 6.21. The number of benzene rings is 2. The van der Waals surface area contributed by atoms with Gasteiger partial charge in [0, 0.05) is 54.4 Å². The molecule has 31 heavy (non-hydrogen) atoms. The number of nitrogens with two attached hydrogens (primary N) is 1. The summed E-state index contributed by atoms with van der Waals surface area (Å²) in [5.74, 6) is -0.133. The molecule has 2 fully saturated rings. The summed E-state index contributed by atoms with van der Waals surface area (Å²) in [7, 11) is 1.61. The van der Waals surface area contributed by atoms with E-state index in [1.807, 2.05) is 35.2 Å². The number of rotatable bonds is 5. The summed E-state index contributed by atoms with van der Waals surface area (Å²) in [5, 5.41) is 3.35. The average Bonchev–Trinajstić information content (AvgIpc) is 3.20. The first-order chi connectivity index (χ1) is 15.0. The SMILES string of the molecule is CNC(=O)c1ccc(N2CCN(C3CCC(CN)(c4cccc(Cl)c4)CC3)C2=O)cc1. The monoisotopic (exact) mass is 440 g/mol. The number of hydrogen-bond acceptors (Lipinski definition) is 3. The highest BCUT2D eigenvalue weighted by Gasteiger charge is 2.41. The van der Waals surface area contributed by atoms with Crippen LogP contribution in [-0.4, -0.2) is 49.6 Å². The third-order valence-corrected chi connectivity index (χ3v) is 7.13. The van der Waals surface area contributed by atoms with Crippen LogP contribution in [0.4, 0.5) is 10.5 Å². The van der Waals surface area contributed by atoms with E-state index in [1.54, 1.807) is 24.1 Å². The molecular weight excluding hydrogens is 412 g/mol. The smallest absolute Gasteiger partial charge is 0.324 e. The third-order valence-electron chi connectivity index (χ3n) is 6.89. The molecule has 164 valence electrons. The van der Waals surface area contributed by atoms with E-state index in [0.717, 1.165) is 36.4 Å². The van der Waals surface area contributed by atoms with Gasteiger partial charge in [-0.25, -0.2) is 4.79 Å². The van der Waals surface area contributed by atoms with Gasteiger partial charge in [-0.15, -0.1) is 0 Å². The lowest BCUT2D eigenvalue weighted by atomic mass is 9.68. The molecule has 2 aliphatic rings. The average molecular weight is 441 g/mol. The van der Waals surface area contributed by atoms with E-state index < -0.39 is 0 Å². The van der Waals surface area contributed by atoms with Gasteiger partial charge in [0.15, 0.2) is 0 Å². The fourth-order valence-electron chi connectivity index (χ4n) is 4.97. The topological polar surface area (TPSA) is 78.7 Å². The van der Waals surface area contributed by atoms with Crippen molar-refractivity contribution in [3.8, 4) is 0 Å². The second-order valence-corrected chi connectivity index (χ2v) is 8.92. The van der Waals surface area contributed by atoms with E-state index >= 15 is 0 Å². The Labute approximate surface area is 188 Å². The highest BCUT2D eigenvalue weighted by Crippen LogP contribution is 2.41. The van der Waals surface area contributed by atoms with Crippen molar-refractivity contribution >= 4 is 29.2 Å². The molecule has 0 aromatic heterocycles. The van der Waals surface area contributed by atoms with Crippen LogP contribution in [0.1, 0.15) is 41.6 Å². The van der Waals surface area contributed by atoms with E-state index in [2.05, 4.69) is 11.4 Å². The van der Waals surface area contributed by atoms with Gasteiger partial charge in [-0.3, -0.25) is 9.69 Å². The van der Waals surface area contributed by atoms with Crippen molar-refractivity contribution in [1.29, 1.82) is 0 Å². The minimum atomic E-state index is -0.133. The molecule has 0 bridgehead atoms. The van der Waals surface area contributed by atoms with Gasteiger partial charge in [0.2, 0.25) is 0 Å². The van der Waals surface area contributed by atoms with E-state index in [9.17, 15) is 9.59 Å². The Hall–Kier alpha value is -2.57. The maximum absolute atomic E-state index is 13.2. The summed E-state index contributed by atoms with van der Waals surface area (Å²) in [6.07, 6.45) is 3.75. The van der Waals surface area contributed by atoms with Gasteiger partial charge in [0.1, 0.15) is 0 Å². The maximum Gasteiger partial charge on any atom is 0.324 e. The zero-order chi connectivity index (χ0) is 22.0. The molecule has 1 aliphatic heterocycles. The van der Waals surface area contributed by atoms with Gasteiger partial charge >= 0.3 is 6.03 Å². The van der Waals surface area contributed by atoms with Crippen LogP contribution in [-0.2, 0) is 5.41 Å². The first kappa shape index (κ1) is 21.7. The molecule has 3 amide bonds. The van der Waals surface area contributed by atoms with Crippen molar-refractivity contribution < 1.29 is 9.59 Å². The highest BCUT2D eigenvalue weighted by atomic mass is 35.5. The number of nitrogens with one attached hydrogen (secondary N) is 1. The molecule has 0 unspecified atom stereocenters. The number of amides is 3. The minimum absolute atomic E-state index is 0.0423. The zero-order valence-electron chi connectivity index (χ0n) is 17.8. The number of anilines is 1. The molecule has 7 heteroatoms. The lowest BCUT2D eigenvalue weighted by Gasteiger charge is -2.42. The Morgan fingerprint density at radius 2 is 1.87 bits per heavy atom. The molecule has 2 aromatic rings. The summed E-state index contributed by atoms with van der Waals surface area (Å²) in [6, 6.07) is 15.5. The quantitative estimate of drug-likeness (QED) is 0.742. The van der Waals surface area contributed by atoms with E-state index in [-0.39, 0.29) is 23.4 Å². The molecule has 6 nitrogen and oxygen atoms in total. The van der Waals surface area contributed by atoms with Crippen molar-refractivity contribution in [2.45, 2.75) is 37.1 Å². The normalized spacial score (nSPS) is 23.8. The molecule has 0 spiro atoms. The maximum atomic E-state index is 13.2. The Morgan fingerprint density at radius 3 is 2.48 bits per heavy atom. The van der Waals surface area contributed by atoms with Crippen molar-refractivity contribution in [3.05, 3.63) is 64.7 Å². The van der Waals surface area contributed by atoms with Crippen LogP contribution in [0.3, 0.4) is 0 Å². The lowest BCUT2D eigenvalue weighted by Crippen LogP contribution is -2.46. The predicted octanol–water partition coefficient (Wildman–Crippen LogP) is 3.78. The van der Waals surface area contributed by atoms with Gasteiger partial charge in [-0.1, -0.05) is 23.7 Å². The number of carbonyl (C=O) groups excluding carboxylic acids is 2. The van der Waals surface area contributed by atoms with Gasteiger partial charge in [0.25, 0.3) is 5.91 Å². The van der Waals surface area contributed by atoms with Gasteiger partial charge < -0.3 is 16.0 Å². The van der Waals surface area contributed by atoms with Gasteiger partial charge in [0.05, 0.1) is 0 Å². The molecule has 0 radical (unpaired) electrons. The molecule has 1 saturated carbocycles. The summed E-state index contributed by atoms with van der Waals surface area (Å²) in [4.78, 5) is 28.7. The van der Waals surface area contributed by atoms with E-state index in [1.165, 1.54) is 5.56 Å². The molecule has 2 aromatic carbocycles. The first-order valence-electron chi connectivity index (χ1n) is 10.8. The van der Waals surface area contributed by atoms with Crippen molar-refractivity contribution in [2.75, 3.05) is 31.6 Å². The van der Waals surface area contributed by atoms with Crippen LogP contribution in [0.2, 0.25) is 5.02 Å². The fourth-order valence-corrected chi connectivity index (χ4v) is 5.16. The van der Waals surface area contributed by atoms with Crippen LogP contribution in [0.15, 0.2) is 48.5 Å². The van der Waals surface area contributed by atoms with Crippen molar-refractivity contribution in [3.63, 3.8) is 0 Å². The summed E-state index contributed by atoms with van der Waals surface area (Å²) in [6.45, 7) is 1.95. The first-order valence-corrected chi connectivity index (χ1v) is 11.2. The highest BCUT2D eigenvalue weighted by molar-refractivity contribution is 6.30. The Bertz CT molecular complexity index is 954. The second-order valence-electron chi connectivity index (χ2n) is 8.48. The van der Waals surface area contributed by atoms with Crippen molar-refractivity contribution in [1.82, 2.24) is 10.2 Å². The van der Waals surface area contributed by atoms with Crippen LogP contribution >= 0.6 is 11.6 Å². The van der Waals surface area contributed by atoms with Crippen LogP contribution in [0.25, 0.3) is 0 Å². The molecule has 1 heterocycles. The molecule has 4 rings (SSSR count). The third kappa shape index (κ3) is 4.14. The van der Waals surface area contributed by atoms with Gasteiger partial charge in [-0.2, -0.15) is 0 Å². The van der Waals surface area contributed by atoms with Crippen LogP contribution in [0.5, 0.6) is 0 Å². The number of carbonyl (C=O) groups is 2. The van der Waals surface area contributed by atoms with Crippen molar-refractivity contribution in [2.24, 2.45) is 5.73 Å². The molecule has 0 atom stereocenters. The van der Waals surface area contributed by atoms with Gasteiger partial charge in [-0.05, 0) is 67.6 Å². The van der Waals surface area contributed by atoms with Crippen LogP contribution in [0, 0.1) is 0 Å². The lowest BCUT2D eigenvalue weighted by molar-refractivity contribution is 0.0963. The fraction of sp³-hybridized carbons (Fsp3) is 0.417. The molecule has 3 N–H and O–H groups in total. The number of hydrogen-bond donors (Lipinski definition) is 2. The minimum Gasteiger partial charge on any atom is -0.355 e. The Morgan fingerprint density at radius 1 is 1.16 bits per heavy atom. The summed E-state index contributed by atoms with van der Waals surface area (Å²) >= 11 is 6.22. The molecular formula is C24H29ClN4O2. The predicted molar refractivity (Wildman–Crippen MR) is 124 cm³/mol.